The van der Waals surface area contributed by atoms with Crippen LogP contribution in [0.1, 0.15) is 6.42 Å². The quantitative estimate of drug-likeness (QED) is 0.807. The Hall–Kier alpha value is -2.89. The van der Waals surface area contributed by atoms with Crippen molar-refractivity contribution in [2.45, 2.75) is 12.5 Å². The van der Waals surface area contributed by atoms with Crippen molar-refractivity contribution in [3.63, 3.8) is 0 Å². The number of benzene rings is 2. The number of carbonyl (C=O) groups excluding carboxylic acids is 1. The van der Waals surface area contributed by atoms with Crippen LogP contribution < -0.4 is 10.2 Å². The van der Waals surface area contributed by atoms with Gasteiger partial charge in [-0.05, 0) is 24.3 Å². The van der Waals surface area contributed by atoms with Crippen LogP contribution in [0.5, 0.6) is 0 Å². The largest absolute Gasteiger partial charge is 0.424 e. The number of fused-ring (bicyclic) bond motifs is 1. The number of rotatable bonds is 3. The lowest BCUT2D eigenvalue weighted by Crippen LogP contribution is -2.27. The topological polar surface area (TPSA) is 58.4 Å². The van der Waals surface area contributed by atoms with Crippen molar-refractivity contribution in [1.29, 1.82) is 0 Å². The summed E-state index contributed by atoms with van der Waals surface area (Å²) >= 11 is 0. The van der Waals surface area contributed by atoms with E-state index in [-0.39, 0.29) is 17.8 Å². The van der Waals surface area contributed by atoms with Gasteiger partial charge in [0, 0.05) is 24.7 Å². The van der Waals surface area contributed by atoms with Crippen molar-refractivity contribution in [2.75, 3.05) is 16.8 Å². The van der Waals surface area contributed by atoms with Gasteiger partial charge in [-0.15, -0.1) is 0 Å². The maximum atomic E-state index is 13.2. The smallest absolute Gasteiger partial charge is 0.295 e. The Bertz CT molecular complexity index is 863. The first-order valence-electron chi connectivity index (χ1n) is 7.37. The fourth-order valence-corrected chi connectivity index (χ4v) is 2.80. The standard InChI is InChI=1S/C17H14FN3O2/c18-11-6-7-15-14(8-11)20-17(23-15)19-12-9-16(22)21(10-12)13-4-2-1-3-5-13/h1-8,12H,9-10H2,(H,19,20). The molecule has 0 saturated carbocycles. The van der Waals surface area contributed by atoms with E-state index in [1.807, 2.05) is 30.3 Å². The number of nitrogens with zero attached hydrogens (tertiary/aromatic N) is 2. The molecule has 116 valence electrons. The first kappa shape index (κ1) is 13.8. The van der Waals surface area contributed by atoms with E-state index in [0.29, 0.717) is 30.1 Å². The van der Waals surface area contributed by atoms with E-state index < -0.39 is 0 Å². The molecule has 1 saturated heterocycles. The van der Waals surface area contributed by atoms with Gasteiger partial charge >= 0.3 is 0 Å². The summed E-state index contributed by atoms with van der Waals surface area (Å²) in [6.45, 7) is 0.538. The number of anilines is 2. The highest BCUT2D eigenvalue weighted by molar-refractivity contribution is 5.96. The fraction of sp³-hybridized carbons (Fsp3) is 0.176. The van der Waals surface area contributed by atoms with Crippen LogP contribution >= 0.6 is 0 Å². The van der Waals surface area contributed by atoms with Crippen LogP contribution in [0.15, 0.2) is 52.9 Å². The zero-order valence-corrected chi connectivity index (χ0v) is 12.2. The molecule has 1 N–H and O–H groups in total. The monoisotopic (exact) mass is 311 g/mol. The van der Waals surface area contributed by atoms with E-state index in [2.05, 4.69) is 10.3 Å². The lowest BCUT2D eigenvalue weighted by Gasteiger charge is -2.16. The van der Waals surface area contributed by atoms with E-state index in [1.54, 1.807) is 11.0 Å². The van der Waals surface area contributed by atoms with Crippen LogP contribution in [0.3, 0.4) is 0 Å². The molecule has 1 aliphatic heterocycles. The molecule has 1 aromatic heterocycles. The number of para-hydroxylation sites is 1. The average Bonchev–Trinajstić information content (AvgIpc) is 3.10. The third-order valence-corrected chi connectivity index (χ3v) is 3.87. The third-order valence-electron chi connectivity index (χ3n) is 3.87. The van der Waals surface area contributed by atoms with Crippen LogP contribution in [0.4, 0.5) is 16.1 Å². The van der Waals surface area contributed by atoms with E-state index >= 15 is 0 Å². The van der Waals surface area contributed by atoms with E-state index in [9.17, 15) is 9.18 Å². The van der Waals surface area contributed by atoms with Crippen LogP contribution in [0, 0.1) is 5.82 Å². The summed E-state index contributed by atoms with van der Waals surface area (Å²) in [7, 11) is 0. The molecule has 0 radical (unpaired) electrons. The highest BCUT2D eigenvalue weighted by Gasteiger charge is 2.31. The van der Waals surface area contributed by atoms with Crippen LogP contribution in [0.25, 0.3) is 11.1 Å². The molecule has 3 aromatic rings. The summed E-state index contributed by atoms with van der Waals surface area (Å²) in [5.41, 5.74) is 1.84. The second kappa shape index (κ2) is 5.39. The minimum Gasteiger partial charge on any atom is -0.424 e. The Morgan fingerprint density at radius 1 is 1.22 bits per heavy atom. The Morgan fingerprint density at radius 3 is 2.87 bits per heavy atom. The van der Waals surface area contributed by atoms with Crippen molar-refractivity contribution < 1.29 is 13.6 Å². The van der Waals surface area contributed by atoms with Gasteiger partial charge in [0.2, 0.25) is 5.91 Å². The fourth-order valence-electron chi connectivity index (χ4n) is 2.80. The molecule has 2 heterocycles. The molecule has 6 heteroatoms. The Kier molecular flexibility index (Phi) is 3.22. The lowest BCUT2D eigenvalue weighted by atomic mass is 10.3. The molecule has 23 heavy (non-hydrogen) atoms. The molecule has 1 aliphatic rings. The van der Waals surface area contributed by atoms with Crippen molar-refractivity contribution in [3.8, 4) is 0 Å². The van der Waals surface area contributed by atoms with Crippen molar-refractivity contribution in [2.24, 2.45) is 0 Å². The van der Waals surface area contributed by atoms with Gasteiger partial charge in [-0.25, -0.2) is 4.39 Å². The Balaban J connectivity index is 1.52. The molecular weight excluding hydrogens is 297 g/mol. The molecule has 0 spiro atoms. The summed E-state index contributed by atoms with van der Waals surface area (Å²) in [4.78, 5) is 18.1. The van der Waals surface area contributed by atoms with Crippen molar-refractivity contribution >= 4 is 28.7 Å². The minimum absolute atomic E-state index is 0.0517. The summed E-state index contributed by atoms with van der Waals surface area (Å²) in [6, 6.07) is 13.9. The molecule has 0 bridgehead atoms. The molecule has 1 fully saturated rings. The average molecular weight is 311 g/mol. The zero-order chi connectivity index (χ0) is 15.8. The summed E-state index contributed by atoms with van der Waals surface area (Å²) in [5, 5.41) is 3.12. The maximum Gasteiger partial charge on any atom is 0.295 e. The lowest BCUT2D eigenvalue weighted by molar-refractivity contribution is -0.117. The molecule has 1 unspecified atom stereocenters. The number of amides is 1. The van der Waals surface area contributed by atoms with Crippen molar-refractivity contribution in [1.82, 2.24) is 4.98 Å². The van der Waals surface area contributed by atoms with Gasteiger partial charge in [-0.2, -0.15) is 4.98 Å². The minimum atomic E-state index is -0.358. The molecule has 2 aromatic carbocycles. The van der Waals surface area contributed by atoms with Gasteiger partial charge in [-0.3, -0.25) is 4.79 Å². The third kappa shape index (κ3) is 2.63. The molecule has 5 nitrogen and oxygen atoms in total. The SMILES string of the molecule is O=C1CC(Nc2nc3cc(F)ccc3o2)CN1c1ccccc1. The Labute approximate surface area is 131 Å². The number of hydrogen-bond donors (Lipinski definition) is 1. The van der Waals surface area contributed by atoms with Gasteiger partial charge < -0.3 is 14.6 Å². The molecule has 1 atom stereocenters. The Morgan fingerprint density at radius 2 is 2.04 bits per heavy atom. The van der Waals surface area contributed by atoms with E-state index in [0.717, 1.165) is 5.69 Å². The molecule has 0 aliphatic carbocycles. The summed E-state index contributed by atoms with van der Waals surface area (Å²) in [5.74, 6) is -0.306. The number of nitrogens with one attached hydrogen (secondary N) is 1. The number of oxazole rings is 1. The summed E-state index contributed by atoms with van der Waals surface area (Å²) < 4.78 is 18.7. The van der Waals surface area contributed by atoms with Crippen LogP contribution in [0.2, 0.25) is 0 Å². The van der Waals surface area contributed by atoms with Gasteiger partial charge in [0.15, 0.2) is 5.58 Å². The highest BCUT2D eigenvalue weighted by Crippen LogP contribution is 2.25. The van der Waals surface area contributed by atoms with E-state index in [4.69, 9.17) is 4.42 Å². The predicted molar refractivity (Wildman–Crippen MR) is 84.8 cm³/mol. The number of aromatic nitrogens is 1. The molecule has 4 rings (SSSR count). The van der Waals surface area contributed by atoms with Crippen molar-refractivity contribution in [3.05, 3.63) is 54.3 Å². The van der Waals surface area contributed by atoms with Crippen LogP contribution in [-0.2, 0) is 4.79 Å². The van der Waals surface area contributed by atoms with Gasteiger partial charge in [-0.1, -0.05) is 18.2 Å². The van der Waals surface area contributed by atoms with Gasteiger partial charge in [0.05, 0.1) is 6.04 Å². The second-order valence-electron chi connectivity index (χ2n) is 5.52. The normalized spacial score (nSPS) is 17.9. The molecular formula is C17H14FN3O2. The van der Waals surface area contributed by atoms with Gasteiger partial charge in [0.1, 0.15) is 11.3 Å². The van der Waals surface area contributed by atoms with E-state index in [1.165, 1.54) is 12.1 Å². The second-order valence-corrected chi connectivity index (χ2v) is 5.52. The number of halogens is 1. The van der Waals surface area contributed by atoms with Gasteiger partial charge in [0.25, 0.3) is 6.01 Å². The first-order valence-corrected chi connectivity index (χ1v) is 7.37. The number of carbonyl (C=O) groups is 1. The molecule has 1 amide bonds. The maximum absolute atomic E-state index is 13.2. The van der Waals surface area contributed by atoms with Crippen LogP contribution in [-0.4, -0.2) is 23.5 Å². The first-order chi connectivity index (χ1) is 11.2. The zero-order valence-electron chi connectivity index (χ0n) is 12.2. The predicted octanol–water partition coefficient (Wildman–Crippen LogP) is 3.18. The highest BCUT2D eigenvalue weighted by atomic mass is 19.1. The summed E-state index contributed by atoms with van der Waals surface area (Å²) in [6.07, 6.45) is 0.363. The number of hydrogen-bond acceptors (Lipinski definition) is 4.